The fourth-order valence-corrected chi connectivity index (χ4v) is 2.14. The summed E-state index contributed by atoms with van der Waals surface area (Å²) in [7, 11) is 0. The number of carbonyl (C=O) groups excluding carboxylic acids is 1. The van der Waals surface area contributed by atoms with Crippen LogP contribution in [0, 0.1) is 6.92 Å². The Balaban J connectivity index is 2.05. The molecule has 0 saturated heterocycles. The molecule has 0 saturated carbocycles. The van der Waals surface area contributed by atoms with Crippen molar-refractivity contribution in [2.24, 2.45) is 0 Å². The van der Waals surface area contributed by atoms with E-state index in [1.807, 2.05) is 56.3 Å². The van der Waals surface area contributed by atoms with Crippen molar-refractivity contribution < 1.29 is 4.79 Å². The van der Waals surface area contributed by atoms with Crippen LogP contribution in [0.15, 0.2) is 42.5 Å². The van der Waals surface area contributed by atoms with Gasteiger partial charge in [-0.15, -0.1) is 0 Å². The van der Waals surface area contributed by atoms with Crippen LogP contribution in [0.3, 0.4) is 0 Å². The highest BCUT2D eigenvalue weighted by molar-refractivity contribution is 6.30. The van der Waals surface area contributed by atoms with Gasteiger partial charge in [0.15, 0.2) is 0 Å². The lowest BCUT2D eigenvalue weighted by molar-refractivity contribution is -0.116. The number of amides is 1. The van der Waals surface area contributed by atoms with E-state index in [0.29, 0.717) is 11.4 Å². The molecule has 0 aliphatic heterocycles. The van der Waals surface area contributed by atoms with Gasteiger partial charge in [-0.3, -0.25) is 4.79 Å². The maximum absolute atomic E-state index is 11.5. The Kier molecular flexibility index (Phi) is 5.23. The van der Waals surface area contributed by atoms with Crippen LogP contribution in [-0.2, 0) is 4.79 Å². The van der Waals surface area contributed by atoms with Gasteiger partial charge in [0.1, 0.15) is 0 Å². The van der Waals surface area contributed by atoms with Crippen LogP contribution in [0.4, 0.5) is 17.1 Å². The normalized spacial score (nSPS) is 10.2. The zero-order chi connectivity index (χ0) is 15.2. The minimum Gasteiger partial charge on any atom is -0.355 e. The number of aryl methyl sites for hydroxylation is 1. The van der Waals surface area contributed by atoms with Crippen molar-refractivity contribution in [1.82, 2.24) is 0 Å². The molecule has 1 amide bonds. The molecule has 0 aromatic heterocycles. The molecule has 0 aliphatic rings. The molecular formula is C17H19ClN2O. The van der Waals surface area contributed by atoms with E-state index in [0.717, 1.165) is 29.0 Å². The first-order valence-electron chi connectivity index (χ1n) is 7.01. The van der Waals surface area contributed by atoms with Crippen molar-refractivity contribution in [2.45, 2.75) is 26.7 Å². The summed E-state index contributed by atoms with van der Waals surface area (Å²) in [6.07, 6.45) is 1.39. The summed E-state index contributed by atoms with van der Waals surface area (Å²) in [6.45, 7) is 4.01. The highest BCUT2D eigenvalue weighted by Crippen LogP contribution is 2.25. The largest absolute Gasteiger partial charge is 0.355 e. The molecule has 0 heterocycles. The van der Waals surface area contributed by atoms with Crippen LogP contribution in [0.25, 0.3) is 0 Å². The summed E-state index contributed by atoms with van der Waals surface area (Å²) in [5.74, 6) is 0.0453. The van der Waals surface area contributed by atoms with Crippen LogP contribution in [0.1, 0.15) is 25.3 Å². The average molecular weight is 303 g/mol. The van der Waals surface area contributed by atoms with Gasteiger partial charge in [-0.05, 0) is 55.3 Å². The highest BCUT2D eigenvalue weighted by Gasteiger charge is 2.02. The van der Waals surface area contributed by atoms with Crippen molar-refractivity contribution in [3.05, 3.63) is 53.1 Å². The third-order valence-electron chi connectivity index (χ3n) is 3.12. The minimum atomic E-state index is 0.0453. The lowest BCUT2D eigenvalue weighted by Crippen LogP contribution is -2.10. The molecule has 0 bridgehead atoms. The molecule has 2 rings (SSSR count). The summed E-state index contributed by atoms with van der Waals surface area (Å²) < 4.78 is 0. The number of hydrogen-bond acceptors (Lipinski definition) is 2. The van der Waals surface area contributed by atoms with E-state index < -0.39 is 0 Å². The van der Waals surface area contributed by atoms with E-state index in [1.165, 1.54) is 0 Å². The maximum atomic E-state index is 11.5. The first-order valence-corrected chi connectivity index (χ1v) is 7.39. The van der Waals surface area contributed by atoms with Crippen LogP contribution in [-0.4, -0.2) is 5.91 Å². The number of nitrogens with one attached hydrogen (secondary N) is 2. The van der Waals surface area contributed by atoms with Gasteiger partial charge in [-0.2, -0.15) is 0 Å². The molecule has 0 spiro atoms. The zero-order valence-electron chi connectivity index (χ0n) is 12.2. The van der Waals surface area contributed by atoms with Gasteiger partial charge in [-0.1, -0.05) is 24.6 Å². The maximum Gasteiger partial charge on any atom is 0.224 e. The van der Waals surface area contributed by atoms with Crippen molar-refractivity contribution in [3.63, 3.8) is 0 Å². The molecule has 0 fully saturated rings. The van der Waals surface area contributed by atoms with Gasteiger partial charge in [-0.25, -0.2) is 0 Å². The summed E-state index contributed by atoms with van der Waals surface area (Å²) in [5.41, 5.74) is 3.86. The molecule has 0 radical (unpaired) electrons. The second-order valence-corrected chi connectivity index (χ2v) is 5.40. The Hall–Kier alpha value is -2.00. The molecule has 0 atom stereocenters. The highest BCUT2D eigenvalue weighted by atomic mass is 35.5. The molecule has 2 aromatic carbocycles. The van der Waals surface area contributed by atoms with Crippen LogP contribution in [0.5, 0.6) is 0 Å². The third kappa shape index (κ3) is 4.50. The number of anilines is 3. The first-order chi connectivity index (χ1) is 10.1. The monoisotopic (exact) mass is 302 g/mol. The molecule has 110 valence electrons. The number of carbonyl (C=O) groups is 1. The van der Waals surface area contributed by atoms with Gasteiger partial charge < -0.3 is 10.6 Å². The molecule has 21 heavy (non-hydrogen) atoms. The van der Waals surface area contributed by atoms with E-state index in [2.05, 4.69) is 10.6 Å². The second-order valence-electron chi connectivity index (χ2n) is 4.96. The fourth-order valence-electron chi connectivity index (χ4n) is 1.97. The van der Waals surface area contributed by atoms with Crippen molar-refractivity contribution >= 4 is 34.6 Å². The lowest BCUT2D eigenvalue weighted by Gasteiger charge is -2.11. The predicted octanol–water partition coefficient (Wildman–Crippen LogP) is 5.13. The Bertz CT molecular complexity index is 623. The quantitative estimate of drug-likeness (QED) is 0.804. The molecule has 2 N–H and O–H groups in total. The summed E-state index contributed by atoms with van der Waals surface area (Å²) in [4.78, 5) is 11.5. The Morgan fingerprint density at radius 1 is 1.10 bits per heavy atom. The summed E-state index contributed by atoms with van der Waals surface area (Å²) in [5, 5.41) is 6.89. The van der Waals surface area contributed by atoms with Crippen LogP contribution < -0.4 is 10.6 Å². The standard InChI is InChI=1S/C17H19ClN2O/c1-3-4-17(21)20-15-9-7-14(8-10-15)19-16-11-13(18)6-5-12(16)2/h5-11,19H,3-4H2,1-2H3,(H,20,21). The third-order valence-corrected chi connectivity index (χ3v) is 3.36. The minimum absolute atomic E-state index is 0.0453. The fraction of sp³-hybridized carbons (Fsp3) is 0.235. The summed E-state index contributed by atoms with van der Waals surface area (Å²) in [6, 6.07) is 13.4. The second kappa shape index (κ2) is 7.14. The zero-order valence-corrected chi connectivity index (χ0v) is 13.0. The van der Waals surface area contributed by atoms with E-state index in [4.69, 9.17) is 11.6 Å². The topological polar surface area (TPSA) is 41.1 Å². The van der Waals surface area contributed by atoms with Gasteiger partial charge in [0.25, 0.3) is 0 Å². The predicted molar refractivity (Wildman–Crippen MR) is 89.5 cm³/mol. The lowest BCUT2D eigenvalue weighted by atomic mass is 10.2. The van der Waals surface area contributed by atoms with Crippen LogP contribution >= 0.6 is 11.6 Å². The molecule has 4 heteroatoms. The smallest absolute Gasteiger partial charge is 0.224 e. The van der Waals surface area contributed by atoms with Gasteiger partial charge in [0.2, 0.25) is 5.91 Å². The van der Waals surface area contributed by atoms with Gasteiger partial charge in [0, 0.05) is 28.5 Å². The molecular weight excluding hydrogens is 284 g/mol. The Morgan fingerprint density at radius 2 is 1.76 bits per heavy atom. The first kappa shape index (κ1) is 15.4. The average Bonchev–Trinajstić information content (AvgIpc) is 2.45. The SMILES string of the molecule is CCCC(=O)Nc1ccc(Nc2cc(Cl)ccc2C)cc1. The molecule has 3 nitrogen and oxygen atoms in total. The molecule has 2 aromatic rings. The summed E-state index contributed by atoms with van der Waals surface area (Å²) >= 11 is 6.01. The van der Waals surface area contributed by atoms with Crippen molar-refractivity contribution in [2.75, 3.05) is 10.6 Å². The van der Waals surface area contributed by atoms with Gasteiger partial charge in [0.05, 0.1) is 0 Å². The number of benzene rings is 2. The Labute approximate surface area is 130 Å². The number of hydrogen-bond donors (Lipinski definition) is 2. The molecule has 0 unspecified atom stereocenters. The van der Waals surface area contributed by atoms with E-state index in [9.17, 15) is 4.79 Å². The van der Waals surface area contributed by atoms with Gasteiger partial charge >= 0.3 is 0 Å². The van der Waals surface area contributed by atoms with E-state index in [1.54, 1.807) is 0 Å². The van der Waals surface area contributed by atoms with Crippen molar-refractivity contribution in [1.29, 1.82) is 0 Å². The van der Waals surface area contributed by atoms with E-state index in [-0.39, 0.29) is 5.91 Å². The van der Waals surface area contributed by atoms with Crippen molar-refractivity contribution in [3.8, 4) is 0 Å². The van der Waals surface area contributed by atoms with E-state index >= 15 is 0 Å². The Morgan fingerprint density at radius 3 is 2.43 bits per heavy atom. The van der Waals surface area contributed by atoms with Crippen LogP contribution in [0.2, 0.25) is 5.02 Å². The number of rotatable bonds is 5. The number of halogens is 1. The molecule has 0 aliphatic carbocycles.